The number of ether oxygens (including phenoxy) is 1. The molecule has 0 aliphatic carbocycles. The van der Waals surface area contributed by atoms with E-state index in [2.05, 4.69) is 19.6 Å². The van der Waals surface area contributed by atoms with Crippen molar-refractivity contribution in [1.29, 1.82) is 0 Å². The summed E-state index contributed by atoms with van der Waals surface area (Å²) in [5.74, 6) is -4.92. The van der Waals surface area contributed by atoms with Gasteiger partial charge in [-0.25, -0.2) is 27.4 Å². The van der Waals surface area contributed by atoms with Gasteiger partial charge in [0.1, 0.15) is 17.1 Å². The molecule has 0 spiro atoms. The van der Waals surface area contributed by atoms with Crippen molar-refractivity contribution in [1.82, 2.24) is 4.98 Å². The van der Waals surface area contributed by atoms with E-state index in [0.29, 0.717) is 12.5 Å². The number of ketones is 1. The summed E-state index contributed by atoms with van der Waals surface area (Å²) in [6, 6.07) is 5.65. The summed E-state index contributed by atoms with van der Waals surface area (Å²) in [5, 5.41) is 0. The number of aliphatic imine (C=N–C) groups is 1. The molecule has 1 aliphatic heterocycles. The number of amidine groups is 1. The van der Waals surface area contributed by atoms with Crippen LogP contribution in [0.4, 0.5) is 23.2 Å². The van der Waals surface area contributed by atoms with Gasteiger partial charge in [0.15, 0.2) is 18.1 Å². The number of alkyl halides is 3. The third kappa shape index (κ3) is 4.35. The van der Waals surface area contributed by atoms with E-state index in [1.54, 1.807) is 0 Å². The maximum absolute atomic E-state index is 15.1. The number of pyridine rings is 1. The molecule has 0 fully saturated rings. The Hall–Kier alpha value is -3.48. The average Bonchev–Trinajstić information content (AvgIpc) is 2.71. The molecule has 2 N–H and O–H groups in total. The van der Waals surface area contributed by atoms with Crippen LogP contribution < -0.4 is 5.73 Å². The van der Waals surface area contributed by atoms with Gasteiger partial charge in [0, 0.05) is 25.1 Å². The molecule has 31 heavy (non-hydrogen) atoms. The number of nitrogens with zero attached hydrogens (tertiary/aromatic N) is 3. The Balaban J connectivity index is 1.95. The van der Waals surface area contributed by atoms with E-state index in [9.17, 15) is 18.0 Å². The smallest absolute Gasteiger partial charge is 0.284 e. The molecule has 2 aromatic rings. The van der Waals surface area contributed by atoms with Crippen LogP contribution in [0.3, 0.4) is 0 Å². The lowest BCUT2D eigenvalue weighted by Gasteiger charge is -2.40. The molecule has 0 saturated carbocycles. The van der Waals surface area contributed by atoms with Gasteiger partial charge in [0.25, 0.3) is 11.9 Å². The predicted molar refractivity (Wildman–Crippen MR) is 104 cm³/mol. The summed E-state index contributed by atoms with van der Waals surface area (Å²) in [4.78, 5) is 23.4. The second-order valence-electron chi connectivity index (χ2n) is 7.42. The van der Waals surface area contributed by atoms with E-state index in [0.717, 1.165) is 13.0 Å². The number of nitrogens with two attached hydrogens (primary N) is 1. The Morgan fingerprint density at radius 2 is 2.06 bits per heavy atom. The number of Topliss-reactive ketones (excluding diaryl/α,β-unsaturated/α-hetero) is 1. The van der Waals surface area contributed by atoms with Crippen molar-refractivity contribution < 1.29 is 27.1 Å². The van der Waals surface area contributed by atoms with Crippen molar-refractivity contribution in [3.8, 4) is 0 Å². The molecule has 1 aromatic carbocycles. The van der Waals surface area contributed by atoms with Crippen LogP contribution in [0.15, 0.2) is 41.5 Å². The minimum absolute atomic E-state index is 0.0897. The van der Waals surface area contributed by atoms with Gasteiger partial charge in [-0.1, -0.05) is 12.1 Å². The molecule has 0 radical (unpaired) electrons. The zero-order valence-electron chi connectivity index (χ0n) is 16.6. The van der Waals surface area contributed by atoms with E-state index in [4.69, 9.17) is 12.3 Å². The van der Waals surface area contributed by atoms with Gasteiger partial charge < -0.3 is 10.5 Å². The lowest BCUT2D eigenvalue weighted by atomic mass is 9.81. The van der Waals surface area contributed by atoms with Crippen LogP contribution in [0.25, 0.3) is 4.85 Å². The number of hydrogen-bond acceptors (Lipinski definition) is 5. The quantitative estimate of drug-likeness (QED) is 0.436. The maximum atomic E-state index is 15.1. The van der Waals surface area contributed by atoms with Gasteiger partial charge >= 0.3 is 0 Å². The molecule has 6 nitrogen and oxygen atoms in total. The summed E-state index contributed by atoms with van der Waals surface area (Å²) < 4.78 is 62.1. The Morgan fingerprint density at radius 3 is 2.65 bits per heavy atom. The van der Waals surface area contributed by atoms with Crippen LogP contribution >= 0.6 is 0 Å². The molecule has 10 heteroatoms. The van der Waals surface area contributed by atoms with Gasteiger partial charge in [-0.3, -0.25) is 9.78 Å². The van der Waals surface area contributed by atoms with Crippen LogP contribution in [0.5, 0.6) is 0 Å². The molecule has 1 aliphatic rings. The van der Waals surface area contributed by atoms with Gasteiger partial charge in [0.2, 0.25) is 5.69 Å². The number of carbonyl (C=O) groups excluding carboxylic acids is 1. The van der Waals surface area contributed by atoms with Crippen LogP contribution in [0, 0.1) is 12.4 Å². The summed E-state index contributed by atoms with van der Waals surface area (Å²) in [6.45, 7) is 8.51. The first-order valence-corrected chi connectivity index (χ1v) is 9.15. The molecule has 3 rings (SSSR count). The Kier molecular flexibility index (Phi) is 5.72. The molecule has 0 amide bonds. The van der Waals surface area contributed by atoms with Crippen molar-refractivity contribution in [3.63, 3.8) is 0 Å². The van der Waals surface area contributed by atoms with Gasteiger partial charge in [-0.05, 0) is 30.7 Å². The molecule has 0 saturated heterocycles. The number of benzene rings is 1. The number of carbonyl (C=O) groups is 1. The molecule has 0 bridgehead atoms. The monoisotopic (exact) mass is 434 g/mol. The minimum atomic E-state index is -3.60. The van der Waals surface area contributed by atoms with Gasteiger partial charge in [-0.15, -0.1) is 0 Å². The summed E-state index contributed by atoms with van der Waals surface area (Å²) in [7, 11) is 0. The fourth-order valence-corrected chi connectivity index (χ4v) is 3.33. The topological polar surface area (TPSA) is 81.9 Å². The second-order valence-corrected chi connectivity index (χ2v) is 7.42. The highest BCUT2D eigenvalue weighted by atomic mass is 19.3. The van der Waals surface area contributed by atoms with Crippen molar-refractivity contribution >= 4 is 17.5 Å². The van der Waals surface area contributed by atoms with Crippen LogP contribution in [-0.4, -0.2) is 35.0 Å². The third-order valence-corrected chi connectivity index (χ3v) is 5.00. The number of aromatic nitrogens is 1. The highest BCUT2D eigenvalue weighted by Crippen LogP contribution is 2.42. The minimum Gasteiger partial charge on any atom is -0.452 e. The van der Waals surface area contributed by atoms with Crippen LogP contribution in [0.1, 0.15) is 35.5 Å². The summed E-state index contributed by atoms with van der Waals surface area (Å²) in [6.07, 6.45) is -3.64. The Bertz CT molecular complexity index is 1080. The van der Waals surface area contributed by atoms with Crippen molar-refractivity contribution in [2.24, 2.45) is 10.7 Å². The van der Waals surface area contributed by atoms with E-state index in [1.807, 2.05) is 0 Å². The number of rotatable bonds is 5. The van der Waals surface area contributed by atoms with Gasteiger partial charge in [-0.2, -0.15) is 0 Å². The predicted octanol–water partition coefficient (Wildman–Crippen LogP) is 4.12. The van der Waals surface area contributed by atoms with E-state index >= 15 is 4.39 Å². The van der Waals surface area contributed by atoms with E-state index < -0.39 is 41.4 Å². The highest BCUT2D eigenvalue weighted by Gasteiger charge is 2.55. The SMILES string of the molecule is [C-]#[N+]c1ccc(C(=O)Cc2ccc(F)c([C@@]3(C)N=C(N)O[C@H](C(C)(F)F)[C@@H]3F)c2)nc1. The molecular weight excluding hydrogens is 416 g/mol. The summed E-state index contributed by atoms with van der Waals surface area (Å²) in [5.41, 5.74) is 3.71. The first-order chi connectivity index (χ1) is 14.5. The maximum Gasteiger partial charge on any atom is 0.284 e. The van der Waals surface area contributed by atoms with Crippen molar-refractivity contribution in [2.45, 2.75) is 44.0 Å². The number of halogens is 4. The molecule has 0 unspecified atom stereocenters. The zero-order chi connectivity index (χ0) is 23.0. The Labute approximate surface area is 175 Å². The van der Waals surface area contributed by atoms with Crippen LogP contribution in [-0.2, 0) is 16.7 Å². The van der Waals surface area contributed by atoms with E-state index in [-0.39, 0.29) is 23.4 Å². The Morgan fingerprint density at radius 1 is 1.35 bits per heavy atom. The zero-order valence-corrected chi connectivity index (χ0v) is 16.6. The lowest BCUT2D eigenvalue weighted by Crippen LogP contribution is -2.55. The van der Waals surface area contributed by atoms with Crippen LogP contribution in [0.2, 0.25) is 0 Å². The van der Waals surface area contributed by atoms with Crippen molar-refractivity contribution in [2.75, 3.05) is 0 Å². The third-order valence-electron chi connectivity index (χ3n) is 5.00. The highest BCUT2D eigenvalue weighted by molar-refractivity contribution is 5.96. The fraction of sp³-hybridized carbons (Fsp3) is 0.333. The molecular formula is C21H18F4N4O2. The summed E-state index contributed by atoms with van der Waals surface area (Å²) >= 11 is 0. The molecule has 1 aromatic heterocycles. The second kappa shape index (κ2) is 7.98. The average molecular weight is 434 g/mol. The first-order valence-electron chi connectivity index (χ1n) is 9.15. The van der Waals surface area contributed by atoms with Crippen molar-refractivity contribution in [3.05, 3.63) is 70.6 Å². The normalized spacial score (nSPS) is 23.5. The lowest BCUT2D eigenvalue weighted by molar-refractivity contribution is -0.138. The fourth-order valence-electron chi connectivity index (χ4n) is 3.33. The molecule has 3 atom stereocenters. The number of hydrogen-bond donors (Lipinski definition) is 1. The van der Waals surface area contributed by atoms with Gasteiger partial charge in [0.05, 0.1) is 6.57 Å². The standard InChI is InChI=1S/C21H18F4N4O2/c1-20(17(23)18(21(2,24)25)31-19(26)29-20)13-8-11(4-6-14(13)22)9-16(30)15-7-5-12(27-3)10-28-15/h4-8,10,17-18H,9H2,1-2H3,(H2,26,29)/t17-,18-,20+/m0/s1. The molecule has 162 valence electrons. The molecule has 2 heterocycles. The largest absolute Gasteiger partial charge is 0.452 e. The first kappa shape index (κ1) is 22.2. The van der Waals surface area contributed by atoms with E-state index in [1.165, 1.54) is 30.5 Å².